The molecule has 1 aromatic rings. The smallest absolute Gasteiger partial charge is 0.253 e. The summed E-state index contributed by atoms with van der Waals surface area (Å²) in [4.78, 5) is 19.8. The SMILES string of the molecule is NC(=O)/C(=C/NC1CCCCC1N)C(N)=Nc1ccc(SNCCN2CCCC2)cc1. The zero-order valence-electron chi connectivity index (χ0n) is 18.1. The van der Waals surface area contributed by atoms with Crippen LogP contribution in [0.1, 0.15) is 38.5 Å². The number of primary amides is 1. The van der Waals surface area contributed by atoms with E-state index in [4.69, 9.17) is 17.2 Å². The van der Waals surface area contributed by atoms with Crippen LogP contribution in [0.25, 0.3) is 0 Å². The van der Waals surface area contributed by atoms with Crippen LogP contribution in [-0.2, 0) is 4.79 Å². The lowest BCUT2D eigenvalue weighted by Gasteiger charge is -2.29. The monoisotopic (exact) mass is 445 g/mol. The van der Waals surface area contributed by atoms with E-state index in [-0.39, 0.29) is 23.5 Å². The molecule has 1 aliphatic carbocycles. The molecule has 31 heavy (non-hydrogen) atoms. The number of nitrogens with one attached hydrogen (secondary N) is 2. The van der Waals surface area contributed by atoms with Crippen LogP contribution in [0.2, 0.25) is 0 Å². The van der Waals surface area contributed by atoms with Gasteiger partial charge in [0.15, 0.2) is 0 Å². The van der Waals surface area contributed by atoms with E-state index in [1.54, 1.807) is 18.1 Å². The van der Waals surface area contributed by atoms with E-state index in [0.29, 0.717) is 5.69 Å². The van der Waals surface area contributed by atoms with Gasteiger partial charge in [0.25, 0.3) is 5.91 Å². The first-order valence-corrected chi connectivity index (χ1v) is 11.9. The second-order valence-electron chi connectivity index (χ2n) is 8.18. The maximum absolute atomic E-state index is 11.9. The van der Waals surface area contributed by atoms with E-state index in [1.165, 1.54) is 25.9 Å². The van der Waals surface area contributed by atoms with E-state index in [1.807, 2.05) is 24.3 Å². The van der Waals surface area contributed by atoms with E-state index in [0.717, 1.165) is 43.7 Å². The molecule has 1 aromatic carbocycles. The zero-order chi connectivity index (χ0) is 22.1. The molecule has 1 saturated heterocycles. The Morgan fingerprint density at radius 3 is 2.52 bits per heavy atom. The fourth-order valence-electron chi connectivity index (χ4n) is 3.96. The van der Waals surface area contributed by atoms with Crippen LogP contribution >= 0.6 is 11.9 Å². The van der Waals surface area contributed by atoms with E-state index in [9.17, 15) is 4.79 Å². The van der Waals surface area contributed by atoms with Crippen molar-refractivity contribution in [2.24, 2.45) is 22.2 Å². The van der Waals surface area contributed by atoms with Gasteiger partial charge < -0.3 is 27.4 Å². The molecular formula is C22H35N7OS. The predicted molar refractivity (Wildman–Crippen MR) is 128 cm³/mol. The van der Waals surface area contributed by atoms with Gasteiger partial charge in [-0.05, 0) is 75.0 Å². The summed E-state index contributed by atoms with van der Waals surface area (Å²) in [6.07, 6.45) is 8.38. The Kier molecular flexibility index (Phi) is 9.20. The summed E-state index contributed by atoms with van der Waals surface area (Å²) in [5.41, 5.74) is 18.6. The number of benzene rings is 1. The van der Waals surface area contributed by atoms with Crippen LogP contribution in [0.4, 0.5) is 5.69 Å². The molecule has 0 radical (unpaired) electrons. The standard InChI is InChI=1S/C22H35N7OS/c23-19-5-1-2-6-20(19)26-15-18(22(25)30)21(24)28-16-7-9-17(10-8-16)31-27-11-14-29-12-3-4-13-29/h7-10,15,19-20,26-27H,1-6,11-14,23H2,(H2,24,28)(H2,25,30)/b18-15+. The zero-order valence-corrected chi connectivity index (χ0v) is 18.9. The number of carbonyl (C=O) groups excluding carboxylic acids is 1. The number of hydrogen-bond acceptors (Lipinski definition) is 7. The number of aliphatic imine (C=N–C) groups is 1. The molecule has 0 bridgehead atoms. The quantitative estimate of drug-likeness (QED) is 0.121. The fraction of sp³-hybridized carbons (Fsp3) is 0.545. The minimum atomic E-state index is -0.618. The molecule has 2 atom stereocenters. The summed E-state index contributed by atoms with van der Waals surface area (Å²) < 4.78 is 3.40. The highest BCUT2D eigenvalue weighted by atomic mass is 32.2. The van der Waals surface area contributed by atoms with Gasteiger partial charge in [-0.15, -0.1) is 0 Å². The third kappa shape index (κ3) is 7.53. The van der Waals surface area contributed by atoms with E-state index in [2.05, 4.69) is 19.9 Å². The highest BCUT2D eigenvalue weighted by Crippen LogP contribution is 2.20. The molecule has 2 fully saturated rings. The van der Waals surface area contributed by atoms with Gasteiger partial charge in [0.05, 0.1) is 11.3 Å². The summed E-state index contributed by atoms with van der Waals surface area (Å²) >= 11 is 1.60. The summed E-state index contributed by atoms with van der Waals surface area (Å²) in [6.45, 7) is 4.45. The molecule has 1 aliphatic heterocycles. The first kappa shape index (κ1) is 23.6. The number of nitrogens with two attached hydrogens (primary N) is 3. The van der Waals surface area contributed by atoms with Crippen molar-refractivity contribution < 1.29 is 4.79 Å². The minimum absolute atomic E-state index is 0.0614. The van der Waals surface area contributed by atoms with Gasteiger partial charge in [-0.3, -0.25) is 9.52 Å². The second-order valence-corrected chi connectivity index (χ2v) is 9.14. The number of nitrogens with zero attached hydrogens (tertiary/aromatic N) is 2. The van der Waals surface area contributed by atoms with Crippen molar-refractivity contribution in [2.45, 2.75) is 55.5 Å². The van der Waals surface area contributed by atoms with Crippen molar-refractivity contribution in [3.63, 3.8) is 0 Å². The van der Waals surface area contributed by atoms with Gasteiger partial charge >= 0.3 is 0 Å². The minimum Gasteiger partial charge on any atom is -0.386 e. The van der Waals surface area contributed by atoms with E-state index >= 15 is 0 Å². The average Bonchev–Trinajstić information content (AvgIpc) is 3.27. The Bertz CT molecular complexity index is 775. The highest BCUT2D eigenvalue weighted by Gasteiger charge is 2.21. The van der Waals surface area contributed by atoms with Crippen molar-refractivity contribution in [2.75, 3.05) is 26.2 Å². The molecule has 170 valence electrons. The molecule has 3 rings (SSSR count). The number of amides is 1. The van der Waals surface area contributed by atoms with Crippen molar-refractivity contribution in [3.05, 3.63) is 36.0 Å². The number of amidine groups is 1. The summed E-state index contributed by atoms with van der Waals surface area (Å²) in [5.74, 6) is -0.527. The molecule has 1 heterocycles. The number of hydrogen-bond donors (Lipinski definition) is 5. The molecule has 0 aromatic heterocycles. The Morgan fingerprint density at radius 1 is 1.13 bits per heavy atom. The molecule has 0 spiro atoms. The van der Waals surface area contributed by atoms with Gasteiger partial charge in [0.2, 0.25) is 0 Å². The Morgan fingerprint density at radius 2 is 1.84 bits per heavy atom. The summed E-state index contributed by atoms with van der Waals surface area (Å²) in [5, 5.41) is 3.21. The Labute approximate surface area is 189 Å². The Hall–Kier alpha value is -2.07. The molecule has 1 saturated carbocycles. The molecule has 2 unspecified atom stereocenters. The molecule has 9 heteroatoms. The molecule has 8 N–H and O–H groups in total. The predicted octanol–water partition coefficient (Wildman–Crippen LogP) is 1.60. The Balaban J connectivity index is 1.53. The second kappa shape index (κ2) is 12.1. The summed E-state index contributed by atoms with van der Waals surface area (Å²) in [7, 11) is 0. The lowest BCUT2D eigenvalue weighted by atomic mass is 9.91. The molecular weight excluding hydrogens is 410 g/mol. The number of carbonyl (C=O) groups is 1. The topological polar surface area (TPSA) is 135 Å². The number of rotatable bonds is 10. The maximum Gasteiger partial charge on any atom is 0.253 e. The molecule has 1 amide bonds. The van der Waals surface area contributed by atoms with Gasteiger partial charge in [-0.25, -0.2) is 4.99 Å². The van der Waals surface area contributed by atoms with Gasteiger partial charge in [-0.2, -0.15) is 0 Å². The lowest BCUT2D eigenvalue weighted by molar-refractivity contribution is -0.114. The fourth-order valence-corrected chi connectivity index (χ4v) is 4.59. The van der Waals surface area contributed by atoms with Crippen LogP contribution in [0.5, 0.6) is 0 Å². The largest absolute Gasteiger partial charge is 0.386 e. The van der Waals surface area contributed by atoms with Gasteiger partial charge in [0, 0.05) is 36.3 Å². The first-order valence-electron chi connectivity index (χ1n) is 11.1. The lowest BCUT2D eigenvalue weighted by Crippen LogP contribution is -2.45. The van der Waals surface area contributed by atoms with Crippen molar-refractivity contribution in [3.8, 4) is 0 Å². The maximum atomic E-state index is 11.9. The van der Waals surface area contributed by atoms with Gasteiger partial charge in [0.1, 0.15) is 5.84 Å². The third-order valence-electron chi connectivity index (χ3n) is 5.81. The van der Waals surface area contributed by atoms with Crippen LogP contribution in [0.3, 0.4) is 0 Å². The third-order valence-corrected chi connectivity index (χ3v) is 6.66. The normalized spacial score (nSPS) is 23.1. The van der Waals surface area contributed by atoms with Crippen molar-refractivity contribution in [1.82, 2.24) is 14.9 Å². The van der Waals surface area contributed by atoms with Crippen LogP contribution in [-0.4, -0.2) is 54.9 Å². The van der Waals surface area contributed by atoms with E-state index < -0.39 is 5.91 Å². The molecule has 8 nitrogen and oxygen atoms in total. The van der Waals surface area contributed by atoms with Crippen molar-refractivity contribution in [1.29, 1.82) is 0 Å². The average molecular weight is 446 g/mol. The number of likely N-dealkylation sites (tertiary alicyclic amines) is 1. The summed E-state index contributed by atoms with van der Waals surface area (Å²) in [6, 6.07) is 7.89. The van der Waals surface area contributed by atoms with Gasteiger partial charge in [-0.1, -0.05) is 12.8 Å². The van der Waals surface area contributed by atoms with Crippen LogP contribution < -0.4 is 27.2 Å². The van der Waals surface area contributed by atoms with Crippen molar-refractivity contribution >= 4 is 29.4 Å². The highest BCUT2D eigenvalue weighted by molar-refractivity contribution is 7.97. The van der Waals surface area contributed by atoms with Crippen LogP contribution in [0.15, 0.2) is 45.9 Å². The first-order chi connectivity index (χ1) is 15.0. The van der Waals surface area contributed by atoms with Crippen LogP contribution in [0, 0.1) is 0 Å². The molecule has 2 aliphatic rings.